The van der Waals surface area contributed by atoms with Crippen LogP contribution >= 0.6 is 0 Å². The summed E-state index contributed by atoms with van der Waals surface area (Å²) in [6, 6.07) is 12.5. The molecule has 0 amide bonds. The first-order valence-electron chi connectivity index (χ1n) is 7.17. The van der Waals surface area contributed by atoms with Gasteiger partial charge < -0.3 is 14.5 Å². The van der Waals surface area contributed by atoms with Gasteiger partial charge in [-0.1, -0.05) is 12.1 Å². The maximum Gasteiger partial charge on any atom is 0.119 e. The van der Waals surface area contributed by atoms with Crippen LogP contribution in [0.15, 0.2) is 47.1 Å². The molecule has 108 valence electrons. The number of benzene rings is 1. The second-order valence-corrected chi connectivity index (χ2v) is 5.24. The molecule has 3 nitrogen and oxygen atoms in total. The average molecular weight is 273 g/mol. The van der Waals surface area contributed by atoms with Crippen LogP contribution < -0.4 is 10.1 Å². The second-order valence-electron chi connectivity index (χ2n) is 5.24. The molecule has 2 rings (SSSR count). The maximum absolute atomic E-state index is 5.65. The normalized spacial score (nSPS) is 12.6. The quantitative estimate of drug-likeness (QED) is 0.829. The summed E-state index contributed by atoms with van der Waals surface area (Å²) in [6.45, 7) is 7.14. The van der Waals surface area contributed by atoms with Gasteiger partial charge >= 0.3 is 0 Å². The molecule has 0 radical (unpaired) electrons. The van der Waals surface area contributed by atoms with Crippen molar-refractivity contribution < 1.29 is 9.15 Å². The van der Waals surface area contributed by atoms with Crippen LogP contribution in [0.3, 0.4) is 0 Å². The van der Waals surface area contributed by atoms with Crippen LogP contribution in [0.2, 0.25) is 0 Å². The Morgan fingerprint density at radius 1 is 1.10 bits per heavy atom. The Kier molecular flexibility index (Phi) is 5.24. The third-order valence-electron chi connectivity index (χ3n) is 3.15. The summed E-state index contributed by atoms with van der Waals surface area (Å²) in [5.41, 5.74) is 1.26. The molecule has 3 heteroatoms. The fourth-order valence-corrected chi connectivity index (χ4v) is 2.09. The number of furan rings is 1. The van der Waals surface area contributed by atoms with Gasteiger partial charge in [-0.3, -0.25) is 0 Å². The van der Waals surface area contributed by atoms with Crippen LogP contribution in [0.1, 0.15) is 38.1 Å². The van der Waals surface area contributed by atoms with Crippen LogP contribution in [0, 0.1) is 0 Å². The van der Waals surface area contributed by atoms with E-state index in [0.717, 1.165) is 24.5 Å². The molecular weight excluding hydrogens is 250 g/mol. The molecule has 0 saturated heterocycles. The molecule has 0 aliphatic rings. The van der Waals surface area contributed by atoms with Crippen LogP contribution in [0.5, 0.6) is 5.75 Å². The third kappa shape index (κ3) is 4.42. The van der Waals surface area contributed by atoms with E-state index in [1.807, 2.05) is 38.1 Å². The Morgan fingerprint density at radius 3 is 2.45 bits per heavy atom. The summed E-state index contributed by atoms with van der Waals surface area (Å²) in [7, 11) is 0. The number of nitrogens with one attached hydrogen (secondary N) is 1. The lowest BCUT2D eigenvalue weighted by Crippen LogP contribution is -2.21. The van der Waals surface area contributed by atoms with Crippen molar-refractivity contribution in [2.75, 3.05) is 6.54 Å². The minimum atomic E-state index is 0.213. The SMILES string of the molecule is CC(C)Oc1ccc(C(C)NCCc2ccco2)cc1. The first kappa shape index (κ1) is 14.7. The summed E-state index contributed by atoms with van der Waals surface area (Å²) in [5.74, 6) is 1.94. The summed E-state index contributed by atoms with van der Waals surface area (Å²) in [6.07, 6.45) is 2.84. The lowest BCUT2D eigenvalue weighted by atomic mass is 10.1. The van der Waals surface area contributed by atoms with Gasteiger partial charge in [-0.2, -0.15) is 0 Å². The van der Waals surface area contributed by atoms with Crippen LogP contribution in [0.25, 0.3) is 0 Å². The molecule has 0 bridgehead atoms. The van der Waals surface area contributed by atoms with Crippen molar-refractivity contribution in [3.8, 4) is 5.75 Å². The molecule has 0 aliphatic carbocycles. The Balaban J connectivity index is 1.81. The lowest BCUT2D eigenvalue weighted by Gasteiger charge is -2.15. The summed E-state index contributed by atoms with van der Waals surface area (Å²) in [4.78, 5) is 0. The zero-order valence-electron chi connectivity index (χ0n) is 12.4. The zero-order valence-corrected chi connectivity index (χ0v) is 12.4. The predicted molar refractivity (Wildman–Crippen MR) is 81.0 cm³/mol. The first-order valence-corrected chi connectivity index (χ1v) is 7.17. The highest BCUT2D eigenvalue weighted by Crippen LogP contribution is 2.18. The Labute approximate surface area is 121 Å². The molecule has 0 saturated carbocycles. The Hall–Kier alpha value is -1.74. The van der Waals surface area contributed by atoms with Gasteiger partial charge in [0.15, 0.2) is 0 Å². The van der Waals surface area contributed by atoms with Crippen molar-refractivity contribution in [1.82, 2.24) is 5.32 Å². The molecule has 0 aliphatic heterocycles. The maximum atomic E-state index is 5.65. The van der Waals surface area contributed by atoms with E-state index in [9.17, 15) is 0 Å². The Morgan fingerprint density at radius 2 is 1.85 bits per heavy atom. The van der Waals surface area contributed by atoms with Crippen molar-refractivity contribution in [2.45, 2.75) is 39.3 Å². The zero-order chi connectivity index (χ0) is 14.4. The molecule has 1 N–H and O–H groups in total. The smallest absolute Gasteiger partial charge is 0.119 e. The molecule has 2 aromatic rings. The Bertz CT molecular complexity index is 488. The third-order valence-corrected chi connectivity index (χ3v) is 3.15. The fraction of sp³-hybridized carbons (Fsp3) is 0.412. The van der Waals surface area contributed by atoms with E-state index in [1.54, 1.807) is 6.26 Å². The molecular formula is C17H23NO2. The number of ether oxygens (including phenoxy) is 1. The van der Waals surface area contributed by atoms with E-state index in [2.05, 4.69) is 24.4 Å². The van der Waals surface area contributed by atoms with Gasteiger partial charge in [-0.15, -0.1) is 0 Å². The van der Waals surface area contributed by atoms with Gasteiger partial charge in [-0.25, -0.2) is 0 Å². The molecule has 1 aromatic carbocycles. The van der Waals surface area contributed by atoms with Crippen LogP contribution in [-0.2, 0) is 6.42 Å². The second kappa shape index (κ2) is 7.15. The molecule has 0 fully saturated rings. The van der Waals surface area contributed by atoms with E-state index in [1.165, 1.54) is 5.56 Å². The van der Waals surface area contributed by atoms with Gasteiger partial charge in [0.05, 0.1) is 12.4 Å². The highest BCUT2D eigenvalue weighted by Gasteiger charge is 2.06. The highest BCUT2D eigenvalue weighted by molar-refractivity contribution is 5.29. The first-order chi connectivity index (χ1) is 9.65. The van der Waals surface area contributed by atoms with Gasteiger partial charge in [0.25, 0.3) is 0 Å². The number of hydrogen-bond acceptors (Lipinski definition) is 3. The molecule has 1 unspecified atom stereocenters. The monoisotopic (exact) mass is 273 g/mol. The van der Waals surface area contributed by atoms with E-state index in [-0.39, 0.29) is 6.10 Å². The van der Waals surface area contributed by atoms with Crippen molar-refractivity contribution in [3.05, 3.63) is 54.0 Å². The van der Waals surface area contributed by atoms with E-state index < -0.39 is 0 Å². The molecule has 20 heavy (non-hydrogen) atoms. The van der Waals surface area contributed by atoms with Crippen molar-refractivity contribution in [1.29, 1.82) is 0 Å². The average Bonchev–Trinajstić information content (AvgIpc) is 2.92. The molecule has 1 heterocycles. The van der Waals surface area contributed by atoms with E-state index in [0.29, 0.717) is 6.04 Å². The summed E-state index contributed by atoms with van der Waals surface area (Å²) in [5, 5.41) is 3.50. The van der Waals surface area contributed by atoms with Crippen molar-refractivity contribution >= 4 is 0 Å². The van der Waals surface area contributed by atoms with Crippen LogP contribution in [-0.4, -0.2) is 12.6 Å². The fourth-order valence-electron chi connectivity index (χ4n) is 2.09. The topological polar surface area (TPSA) is 34.4 Å². The minimum absolute atomic E-state index is 0.213. The van der Waals surface area contributed by atoms with Crippen molar-refractivity contribution in [3.63, 3.8) is 0 Å². The van der Waals surface area contributed by atoms with E-state index >= 15 is 0 Å². The van der Waals surface area contributed by atoms with Crippen molar-refractivity contribution in [2.24, 2.45) is 0 Å². The highest BCUT2D eigenvalue weighted by atomic mass is 16.5. The predicted octanol–water partition coefficient (Wildman–Crippen LogP) is 3.96. The summed E-state index contributed by atoms with van der Waals surface area (Å²) >= 11 is 0. The lowest BCUT2D eigenvalue weighted by molar-refractivity contribution is 0.242. The number of rotatable bonds is 7. The number of hydrogen-bond donors (Lipinski definition) is 1. The van der Waals surface area contributed by atoms with Crippen LogP contribution in [0.4, 0.5) is 0 Å². The molecule has 0 spiro atoms. The van der Waals surface area contributed by atoms with Gasteiger partial charge in [0.1, 0.15) is 11.5 Å². The molecule has 1 aromatic heterocycles. The van der Waals surface area contributed by atoms with Gasteiger partial charge in [0, 0.05) is 19.0 Å². The minimum Gasteiger partial charge on any atom is -0.491 e. The van der Waals surface area contributed by atoms with E-state index in [4.69, 9.17) is 9.15 Å². The standard InChI is InChI=1S/C17H23NO2/c1-13(2)20-17-8-6-15(7-9-17)14(3)18-11-10-16-5-4-12-19-16/h4-9,12-14,18H,10-11H2,1-3H3. The summed E-state index contributed by atoms with van der Waals surface area (Å²) < 4.78 is 11.0. The largest absolute Gasteiger partial charge is 0.491 e. The van der Waals surface area contributed by atoms with Gasteiger partial charge in [-0.05, 0) is 50.6 Å². The molecule has 1 atom stereocenters. The van der Waals surface area contributed by atoms with Gasteiger partial charge in [0.2, 0.25) is 0 Å².